The summed E-state index contributed by atoms with van der Waals surface area (Å²) in [5.41, 5.74) is 6.35. The minimum absolute atomic E-state index is 0.00171. The van der Waals surface area contributed by atoms with E-state index < -0.39 is 17.7 Å². The summed E-state index contributed by atoms with van der Waals surface area (Å²) in [6, 6.07) is 7.59. The minimum atomic E-state index is -0.812. The summed E-state index contributed by atoms with van der Waals surface area (Å²) in [7, 11) is 0. The molecule has 1 heterocycles. The van der Waals surface area contributed by atoms with E-state index in [2.05, 4.69) is 23.1 Å². The number of hydrogen-bond donors (Lipinski definition) is 3. The van der Waals surface area contributed by atoms with Crippen LogP contribution in [0.5, 0.6) is 0 Å². The van der Waals surface area contributed by atoms with Gasteiger partial charge in [-0.05, 0) is 37.8 Å². The third-order valence-electron chi connectivity index (χ3n) is 3.96. The second-order valence-electron chi connectivity index (χ2n) is 6.22. The molecule has 3 N–H and O–H groups in total. The number of amides is 3. The van der Waals surface area contributed by atoms with Crippen LogP contribution in [0.1, 0.15) is 25.3 Å². The molecular weight excluding hydrogens is 308 g/mol. The molecule has 1 aliphatic rings. The van der Waals surface area contributed by atoms with Crippen LogP contribution in [0.3, 0.4) is 0 Å². The fourth-order valence-corrected chi connectivity index (χ4v) is 2.60. The molecule has 7 nitrogen and oxygen atoms in total. The lowest BCUT2D eigenvalue weighted by Crippen LogP contribution is -2.52. The zero-order chi connectivity index (χ0) is 17.5. The lowest BCUT2D eigenvalue weighted by Gasteiger charge is -2.30. The van der Waals surface area contributed by atoms with E-state index in [9.17, 15) is 14.4 Å². The van der Waals surface area contributed by atoms with Crippen molar-refractivity contribution in [2.75, 3.05) is 25.0 Å². The summed E-state index contributed by atoms with van der Waals surface area (Å²) < 4.78 is 0. The first kappa shape index (κ1) is 17.8. The van der Waals surface area contributed by atoms with Crippen LogP contribution in [0.4, 0.5) is 5.69 Å². The number of likely N-dealkylation sites (tertiary alicyclic amines) is 1. The molecule has 0 unspecified atom stereocenters. The summed E-state index contributed by atoms with van der Waals surface area (Å²) >= 11 is 0. The monoisotopic (exact) mass is 332 g/mol. The van der Waals surface area contributed by atoms with E-state index in [1.165, 1.54) is 4.90 Å². The number of nitrogens with zero attached hydrogens (tertiary/aromatic N) is 1. The van der Waals surface area contributed by atoms with Gasteiger partial charge in [0.1, 0.15) is 0 Å². The predicted molar refractivity (Wildman–Crippen MR) is 90.9 cm³/mol. The highest BCUT2D eigenvalue weighted by molar-refractivity contribution is 6.35. The fraction of sp³-hybridized carbons (Fsp3) is 0.471. The topological polar surface area (TPSA) is 90.5 Å². The molecule has 0 aliphatic carbocycles. The number of hydrogen-bond acceptors (Lipinski definition) is 4. The zero-order valence-electron chi connectivity index (χ0n) is 14.1. The molecular formula is C17H24N4O3. The van der Waals surface area contributed by atoms with E-state index in [1.807, 2.05) is 31.2 Å². The fourth-order valence-electron chi connectivity index (χ4n) is 2.60. The third-order valence-corrected chi connectivity index (χ3v) is 3.96. The Kier molecular flexibility index (Phi) is 6.17. The van der Waals surface area contributed by atoms with E-state index in [4.69, 9.17) is 0 Å². The standard InChI is InChI=1S/C17H24N4O3/c1-12-5-7-14(8-6-12)18-10-15(22)19-20-16(23)17(24)21-9-3-4-13(2)11-21/h5-8,13,18H,3-4,9-11H2,1-2H3,(H,19,22)(H,20,23)/t13-/m1/s1. The maximum absolute atomic E-state index is 12.0. The van der Waals surface area contributed by atoms with Gasteiger partial charge in [0.2, 0.25) is 0 Å². The zero-order valence-corrected chi connectivity index (χ0v) is 14.1. The number of hydrazine groups is 1. The number of rotatable bonds is 3. The van der Waals surface area contributed by atoms with Crippen molar-refractivity contribution in [3.63, 3.8) is 0 Å². The van der Waals surface area contributed by atoms with Crippen LogP contribution in [0.15, 0.2) is 24.3 Å². The van der Waals surface area contributed by atoms with Gasteiger partial charge in [-0.1, -0.05) is 24.6 Å². The van der Waals surface area contributed by atoms with Gasteiger partial charge in [0.25, 0.3) is 5.91 Å². The Bertz CT molecular complexity index is 600. The first-order valence-corrected chi connectivity index (χ1v) is 8.14. The van der Waals surface area contributed by atoms with Crippen LogP contribution < -0.4 is 16.2 Å². The molecule has 0 spiro atoms. The van der Waals surface area contributed by atoms with Gasteiger partial charge in [0.15, 0.2) is 0 Å². The number of benzene rings is 1. The molecule has 1 aromatic carbocycles. The van der Waals surface area contributed by atoms with Crippen molar-refractivity contribution in [2.45, 2.75) is 26.7 Å². The SMILES string of the molecule is Cc1ccc(NCC(=O)NNC(=O)C(=O)N2CCC[C@@H](C)C2)cc1. The molecule has 130 valence electrons. The summed E-state index contributed by atoms with van der Waals surface area (Å²) in [4.78, 5) is 37.1. The Morgan fingerprint density at radius 2 is 1.88 bits per heavy atom. The van der Waals surface area contributed by atoms with Gasteiger partial charge in [-0.15, -0.1) is 0 Å². The van der Waals surface area contributed by atoms with Crippen molar-refractivity contribution in [2.24, 2.45) is 5.92 Å². The molecule has 1 aliphatic heterocycles. The van der Waals surface area contributed by atoms with Crippen molar-refractivity contribution in [1.29, 1.82) is 0 Å². The largest absolute Gasteiger partial charge is 0.376 e. The van der Waals surface area contributed by atoms with E-state index in [0.29, 0.717) is 19.0 Å². The van der Waals surface area contributed by atoms with Crippen molar-refractivity contribution in [3.8, 4) is 0 Å². The Labute approximate surface area is 141 Å². The molecule has 1 atom stereocenters. The van der Waals surface area contributed by atoms with Crippen LogP contribution in [0, 0.1) is 12.8 Å². The van der Waals surface area contributed by atoms with Gasteiger partial charge in [-0.3, -0.25) is 25.2 Å². The number of nitrogens with one attached hydrogen (secondary N) is 3. The quantitative estimate of drug-likeness (QED) is 0.564. The maximum atomic E-state index is 12.0. The number of piperidine rings is 1. The van der Waals surface area contributed by atoms with E-state index in [-0.39, 0.29) is 6.54 Å². The van der Waals surface area contributed by atoms with Gasteiger partial charge in [-0.2, -0.15) is 0 Å². The van der Waals surface area contributed by atoms with Gasteiger partial charge >= 0.3 is 11.8 Å². The van der Waals surface area contributed by atoms with Gasteiger partial charge in [0.05, 0.1) is 6.54 Å². The van der Waals surface area contributed by atoms with Crippen LogP contribution >= 0.6 is 0 Å². The molecule has 2 rings (SSSR count). The van der Waals surface area contributed by atoms with Crippen molar-refractivity contribution < 1.29 is 14.4 Å². The average molecular weight is 332 g/mol. The maximum Gasteiger partial charge on any atom is 0.327 e. The van der Waals surface area contributed by atoms with Gasteiger partial charge in [0, 0.05) is 18.8 Å². The van der Waals surface area contributed by atoms with Crippen molar-refractivity contribution in [1.82, 2.24) is 15.8 Å². The van der Waals surface area contributed by atoms with Crippen LogP contribution in [-0.4, -0.2) is 42.3 Å². The summed E-state index contributed by atoms with van der Waals surface area (Å²) in [6.07, 6.45) is 1.96. The smallest absolute Gasteiger partial charge is 0.327 e. The Hall–Kier alpha value is -2.57. The van der Waals surface area contributed by atoms with Crippen molar-refractivity contribution in [3.05, 3.63) is 29.8 Å². The van der Waals surface area contributed by atoms with Gasteiger partial charge in [-0.25, -0.2) is 0 Å². The Balaban J connectivity index is 1.71. The predicted octanol–water partition coefficient (Wildman–Crippen LogP) is 0.813. The normalized spacial score (nSPS) is 17.1. The molecule has 1 fully saturated rings. The Morgan fingerprint density at radius 1 is 1.17 bits per heavy atom. The first-order valence-electron chi connectivity index (χ1n) is 8.14. The molecule has 0 aromatic heterocycles. The number of aryl methyl sites for hydroxylation is 1. The Morgan fingerprint density at radius 3 is 2.54 bits per heavy atom. The van der Waals surface area contributed by atoms with E-state index >= 15 is 0 Å². The molecule has 7 heteroatoms. The van der Waals surface area contributed by atoms with Crippen molar-refractivity contribution >= 4 is 23.4 Å². The molecule has 3 amide bonds. The van der Waals surface area contributed by atoms with Crippen LogP contribution in [0.25, 0.3) is 0 Å². The third kappa shape index (κ3) is 5.26. The van der Waals surface area contributed by atoms with Crippen LogP contribution in [-0.2, 0) is 14.4 Å². The van der Waals surface area contributed by atoms with Gasteiger partial charge < -0.3 is 10.2 Å². The van der Waals surface area contributed by atoms with E-state index in [1.54, 1.807) is 0 Å². The molecule has 24 heavy (non-hydrogen) atoms. The summed E-state index contributed by atoms with van der Waals surface area (Å²) in [5, 5.41) is 2.94. The average Bonchev–Trinajstić information content (AvgIpc) is 2.58. The lowest BCUT2D eigenvalue weighted by molar-refractivity contribution is -0.148. The molecule has 1 aromatic rings. The lowest BCUT2D eigenvalue weighted by atomic mass is 10.0. The minimum Gasteiger partial charge on any atom is -0.376 e. The summed E-state index contributed by atoms with van der Waals surface area (Å²) in [6.45, 7) is 5.19. The highest BCUT2D eigenvalue weighted by Crippen LogP contribution is 2.15. The molecule has 0 radical (unpaired) electrons. The van der Waals surface area contributed by atoms with Crippen LogP contribution in [0.2, 0.25) is 0 Å². The number of carbonyl (C=O) groups excluding carboxylic acids is 3. The second kappa shape index (κ2) is 8.33. The molecule has 1 saturated heterocycles. The van der Waals surface area contributed by atoms with E-state index in [0.717, 1.165) is 24.1 Å². The summed E-state index contributed by atoms with van der Waals surface area (Å²) in [5.74, 6) is -1.45. The molecule has 0 bridgehead atoms. The number of anilines is 1. The highest BCUT2D eigenvalue weighted by atomic mass is 16.2. The second-order valence-corrected chi connectivity index (χ2v) is 6.22. The molecule has 0 saturated carbocycles. The first-order chi connectivity index (χ1) is 11.5. The number of carbonyl (C=O) groups is 3. The highest BCUT2D eigenvalue weighted by Gasteiger charge is 2.26.